The third-order valence-electron chi connectivity index (χ3n) is 5.00. The van der Waals surface area contributed by atoms with Crippen LogP contribution >= 0.6 is 0 Å². The van der Waals surface area contributed by atoms with Crippen molar-refractivity contribution in [2.45, 2.75) is 44.6 Å². The van der Waals surface area contributed by atoms with Crippen molar-refractivity contribution in [3.63, 3.8) is 0 Å². The Labute approximate surface area is 194 Å². The number of carbonyl (C=O) groups is 1. The molecule has 0 aliphatic heterocycles. The summed E-state index contributed by atoms with van der Waals surface area (Å²) in [5.74, 6) is 0.906. The van der Waals surface area contributed by atoms with Gasteiger partial charge in [0.25, 0.3) is 10.0 Å². The van der Waals surface area contributed by atoms with Crippen LogP contribution in [0.5, 0.6) is 11.5 Å². The number of benzene rings is 2. The van der Waals surface area contributed by atoms with E-state index in [9.17, 15) is 13.2 Å². The van der Waals surface area contributed by atoms with Crippen molar-refractivity contribution in [3.8, 4) is 11.5 Å². The predicted molar refractivity (Wildman–Crippen MR) is 127 cm³/mol. The zero-order valence-corrected chi connectivity index (χ0v) is 20.6. The van der Waals surface area contributed by atoms with Crippen molar-refractivity contribution in [3.05, 3.63) is 53.7 Å². The lowest BCUT2D eigenvalue weighted by molar-refractivity contribution is 0.0528. The number of hydrogen-bond donors (Lipinski definition) is 1. The van der Waals surface area contributed by atoms with Crippen LogP contribution in [0, 0.1) is 6.92 Å². The Hall–Kier alpha value is -3.20. The summed E-state index contributed by atoms with van der Waals surface area (Å²) in [7, 11) is -0.905. The molecular formula is C24H30N2O6S. The van der Waals surface area contributed by atoms with Crippen LogP contribution in [0.4, 0.5) is 4.79 Å². The van der Waals surface area contributed by atoms with Gasteiger partial charge in [0.05, 0.1) is 19.1 Å². The smallest absolute Gasteiger partial charge is 0.407 e. The molecule has 3 rings (SSSR count). The van der Waals surface area contributed by atoms with Gasteiger partial charge in [-0.2, -0.15) is 0 Å². The van der Waals surface area contributed by atoms with Crippen LogP contribution in [0.25, 0.3) is 10.9 Å². The number of fused-ring (bicyclic) bond motifs is 1. The largest absolute Gasteiger partial charge is 0.496 e. The lowest BCUT2D eigenvalue weighted by Gasteiger charge is -2.19. The van der Waals surface area contributed by atoms with Gasteiger partial charge in [0, 0.05) is 18.1 Å². The Kier molecular flexibility index (Phi) is 6.92. The fraction of sp³-hybridized carbons (Fsp3) is 0.375. The lowest BCUT2D eigenvalue weighted by atomic mass is 10.1. The molecule has 0 bridgehead atoms. The minimum Gasteiger partial charge on any atom is -0.496 e. The molecule has 1 N–H and O–H groups in total. The molecule has 0 spiro atoms. The summed E-state index contributed by atoms with van der Waals surface area (Å²) < 4.78 is 44.6. The molecule has 0 atom stereocenters. The number of methoxy groups -OCH3 is 2. The average molecular weight is 475 g/mol. The quantitative estimate of drug-likeness (QED) is 0.549. The van der Waals surface area contributed by atoms with Gasteiger partial charge in [0.15, 0.2) is 0 Å². The molecule has 0 fully saturated rings. The average Bonchev–Trinajstić information content (AvgIpc) is 3.13. The molecule has 0 saturated heterocycles. The number of hydrogen-bond acceptors (Lipinski definition) is 6. The maximum Gasteiger partial charge on any atom is 0.407 e. The topological polar surface area (TPSA) is 95.9 Å². The van der Waals surface area contributed by atoms with Gasteiger partial charge < -0.3 is 19.5 Å². The van der Waals surface area contributed by atoms with Gasteiger partial charge in [0.1, 0.15) is 22.6 Å². The van der Waals surface area contributed by atoms with Gasteiger partial charge >= 0.3 is 6.09 Å². The van der Waals surface area contributed by atoms with Gasteiger partial charge in [-0.1, -0.05) is 17.7 Å². The molecule has 0 aliphatic rings. The minimum atomic E-state index is -3.92. The van der Waals surface area contributed by atoms with Crippen molar-refractivity contribution in [1.82, 2.24) is 9.29 Å². The highest BCUT2D eigenvalue weighted by Gasteiger charge is 2.26. The first-order valence-electron chi connectivity index (χ1n) is 10.5. The fourth-order valence-electron chi connectivity index (χ4n) is 3.50. The molecular weight excluding hydrogens is 444 g/mol. The number of alkyl carbamates (subject to hydrolysis) is 1. The molecule has 0 aliphatic carbocycles. The SMILES string of the molecule is COc1ccc(OC)c2c1c(CCNC(=O)OC(C)(C)C)cn2S(=O)(=O)c1ccc(C)cc1. The van der Waals surface area contributed by atoms with E-state index in [0.717, 1.165) is 5.56 Å². The first-order valence-corrected chi connectivity index (χ1v) is 12.0. The summed E-state index contributed by atoms with van der Waals surface area (Å²) >= 11 is 0. The first-order chi connectivity index (χ1) is 15.5. The minimum absolute atomic E-state index is 0.160. The zero-order valence-electron chi connectivity index (χ0n) is 19.8. The van der Waals surface area contributed by atoms with E-state index in [2.05, 4.69) is 5.32 Å². The van der Waals surface area contributed by atoms with Gasteiger partial charge in [0.2, 0.25) is 0 Å². The Morgan fingerprint density at radius 3 is 2.18 bits per heavy atom. The Morgan fingerprint density at radius 2 is 1.61 bits per heavy atom. The Morgan fingerprint density at radius 1 is 1.00 bits per heavy atom. The molecule has 33 heavy (non-hydrogen) atoms. The lowest BCUT2D eigenvalue weighted by Crippen LogP contribution is -2.33. The van der Waals surface area contributed by atoms with Crippen LogP contribution in [0.1, 0.15) is 31.9 Å². The number of nitrogens with one attached hydrogen (secondary N) is 1. The normalized spacial score (nSPS) is 11.9. The molecule has 9 heteroatoms. The second-order valence-electron chi connectivity index (χ2n) is 8.64. The van der Waals surface area contributed by atoms with Crippen LogP contribution in [0.3, 0.4) is 0 Å². The number of aromatic nitrogens is 1. The summed E-state index contributed by atoms with van der Waals surface area (Å²) in [6.45, 7) is 7.50. The van der Waals surface area contributed by atoms with Crippen LogP contribution < -0.4 is 14.8 Å². The number of rotatable bonds is 7. The number of ether oxygens (including phenoxy) is 3. The Balaban J connectivity index is 2.08. The molecule has 0 unspecified atom stereocenters. The maximum absolute atomic E-state index is 13.6. The van der Waals surface area contributed by atoms with Crippen molar-refractivity contribution in [2.75, 3.05) is 20.8 Å². The molecule has 1 heterocycles. The summed E-state index contributed by atoms with van der Waals surface area (Å²) in [5.41, 5.74) is 1.41. The highest BCUT2D eigenvalue weighted by molar-refractivity contribution is 7.90. The highest BCUT2D eigenvalue weighted by Crippen LogP contribution is 2.39. The number of carbonyl (C=O) groups excluding carboxylic acids is 1. The third kappa shape index (κ3) is 5.24. The third-order valence-corrected chi connectivity index (χ3v) is 6.67. The van der Waals surface area contributed by atoms with Crippen LogP contribution in [0.2, 0.25) is 0 Å². The van der Waals surface area contributed by atoms with Gasteiger partial charge in [-0.05, 0) is 63.9 Å². The van der Waals surface area contributed by atoms with Crippen molar-refractivity contribution in [1.29, 1.82) is 0 Å². The summed E-state index contributed by atoms with van der Waals surface area (Å²) in [6, 6.07) is 10.1. The van der Waals surface area contributed by atoms with Crippen LogP contribution in [-0.2, 0) is 21.2 Å². The van der Waals surface area contributed by atoms with E-state index in [1.807, 2.05) is 6.92 Å². The molecule has 178 valence electrons. The Bertz CT molecular complexity index is 1250. The van der Waals surface area contributed by atoms with E-state index in [0.29, 0.717) is 34.4 Å². The van der Waals surface area contributed by atoms with Crippen molar-refractivity contribution < 1.29 is 27.4 Å². The van der Waals surface area contributed by atoms with Crippen molar-refractivity contribution >= 4 is 27.0 Å². The van der Waals surface area contributed by atoms with Crippen LogP contribution in [-0.4, -0.2) is 44.8 Å². The standard InChI is InChI=1S/C24H30N2O6S/c1-16-7-9-18(10-8-16)33(28,29)26-15-17(13-14-25-23(27)32-24(2,3)4)21-19(30-5)11-12-20(31-6)22(21)26/h7-12,15H,13-14H2,1-6H3,(H,25,27). The highest BCUT2D eigenvalue weighted by atomic mass is 32.2. The molecule has 2 aromatic carbocycles. The van der Waals surface area contributed by atoms with E-state index >= 15 is 0 Å². The second-order valence-corrected chi connectivity index (χ2v) is 10.5. The molecule has 1 amide bonds. The van der Waals surface area contributed by atoms with Crippen molar-refractivity contribution in [2.24, 2.45) is 0 Å². The summed E-state index contributed by atoms with van der Waals surface area (Å²) in [4.78, 5) is 12.2. The van der Waals surface area contributed by atoms with E-state index < -0.39 is 21.7 Å². The van der Waals surface area contributed by atoms with E-state index in [-0.39, 0.29) is 11.4 Å². The monoisotopic (exact) mass is 474 g/mol. The molecule has 3 aromatic rings. The summed E-state index contributed by atoms with van der Waals surface area (Å²) in [6.07, 6.45) is 1.38. The maximum atomic E-state index is 13.6. The number of amides is 1. The molecule has 0 radical (unpaired) electrons. The summed E-state index contributed by atoms with van der Waals surface area (Å²) in [5, 5.41) is 3.32. The first kappa shape index (κ1) is 24.4. The molecule has 1 aromatic heterocycles. The second kappa shape index (κ2) is 9.35. The van der Waals surface area contributed by atoms with Gasteiger partial charge in [-0.15, -0.1) is 0 Å². The predicted octanol–water partition coefficient (Wildman–Crippen LogP) is 4.27. The van der Waals surface area contributed by atoms with Gasteiger partial charge in [-0.3, -0.25) is 0 Å². The molecule has 8 nitrogen and oxygen atoms in total. The fourth-order valence-corrected chi connectivity index (χ4v) is 4.90. The number of nitrogens with zero attached hydrogens (tertiary/aromatic N) is 1. The van der Waals surface area contributed by atoms with E-state index in [1.54, 1.807) is 63.4 Å². The van der Waals surface area contributed by atoms with E-state index in [4.69, 9.17) is 14.2 Å². The van der Waals surface area contributed by atoms with Gasteiger partial charge in [-0.25, -0.2) is 17.2 Å². The van der Waals surface area contributed by atoms with Crippen LogP contribution in [0.15, 0.2) is 47.5 Å². The van der Waals surface area contributed by atoms with E-state index in [1.165, 1.54) is 18.2 Å². The zero-order chi connectivity index (χ0) is 24.4. The number of aryl methyl sites for hydroxylation is 1. The molecule has 0 saturated carbocycles.